The van der Waals surface area contributed by atoms with Gasteiger partial charge in [0.2, 0.25) is 11.8 Å². The largest absolute Gasteiger partial charge is 0.494 e. The first-order chi connectivity index (χ1) is 19.5. The molecule has 0 aliphatic rings. The molecule has 2 amide bonds. The zero-order valence-electron chi connectivity index (χ0n) is 24.1. The molecule has 220 valence electrons. The van der Waals surface area contributed by atoms with Gasteiger partial charge in [-0.1, -0.05) is 31.2 Å². The molecule has 0 aliphatic carbocycles. The van der Waals surface area contributed by atoms with Gasteiger partial charge in [0.05, 0.1) is 17.2 Å². The van der Waals surface area contributed by atoms with E-state index < -0.39 is 34.3 Å². The van der Waals surface area contributed by atoms with Crippen LogP contribution in [-0.2, 0) is 26.2 Å². The van der Waals surface area contributed by atoms with Gasteiger partial charge in [-0.2, -0.15) is 0 Å². The number of anilines is 1. The van der Waals surface area contributed by atoms with Crippen molar-refractivity contribution in [2.75, 3.05) is 17.5 Å². The summed E-state index contributed by atoms with van der Waals surface area (Å²) in [5.74, 6) is -0.973. The molecule has 41 heavy (non-hydrogen) atoms. The number of sulfonamides is 1. The average Bonchev–Trinajstić information content (AvgIpc) is 2.96. The highest BCUT2D eigenvalue weighted by Gasteiger charge is 2.33. The summed E-state index contributed by atoms with van der Waals surface area (Å²) in [7, 11) is -4.27. The van der Waals surface area contributed by atoms with E-state index in [0.29, 0.717) is 18.8 Å². The molecule has 2 unspecified atom stereocenters. The van der Waals surface area contributed by atoms with Crippen LogP contribution in [0.5, 0.6) is 5.75 Å². The van der Waals surface area contributed by atoms with Gasteiger partial charge in [-0.25, -0.2) is 12.8 Å². The van der Waals surface area contributed by atoms with Gasteiger partial charge in [0.25, 0.3) is 10.0 Å². The molecule has 2 atom stereocenters. The molecule has 0 heterocycles. The molecule has 3 aromatic rings. The van der Waals surface area contributed by atoms with Crippen LogP contribution >= 0.6 is 0 Å². The molecule has 0 saturated carbocycles. The molecule has 0 saturated heterocycles. The Bertz CT molecular complexity index is 1430. The number of carbonyl (C=O) groups excluding carboxylic acids is 2. The fourth-order valence-corrected chi connectivity index (χ4v) is 5.57. The monoisotopic (exact) mass is 583 g/mol. The standard InChI is InChI=1S/C31H38FN3O5S/c1-6-23(4)33-31(37)24(5)34(20-25-11-9-8-10-22(25)3)30(36)21-35(27-14-12-26(32)13-15-27)41(38,39)29-18-16-28(17-19-29)40-7-2/h8-19,23-24H,6-7,20-21H2,1-5H3,(H,33,37). The van der Waals surface area contributed by atoms with Crippen LogP contribution in [0.4, 0.5) is 10.1 Å². The van der Waals surface area contributed by atoms with Gasteiger partial charge in [-0.3, -0.25) is 13.9 Å². The first-order valence-electron chi connectivity index (χ1n) is 13.6. The lowest BCUT2D eigenvalue weighted by Crippen LogP contribution is -2.52. The molecule has 0 aromatic heterocycles. The maximum absolute atomic E-state index is 14.0. The molecule has 10 heteroatoms. The Labute approximate surface area is 242 Å². The van der Waals surface area contributed by atoms with Crippen LogP contribution in [0.1, 0.15) is 45.2 Å². The van der Waals surface area contributed by atoms with Crippen molar-refractivity contribution in [1.82, 2.24) is 10.2 Å². The number of ether oxygens (including phenoxy) is 1. The van der Waals surface area contributed by atoms with Crippen LogP contribution in [-0.4, -0.2) is 50.4 Å². The highest BCUT2D eigenvalue weighted by atomic mass is 32.2. The van der Waals surface area contributed by atoms with Crippen molar-refractivity contribution < 1.29 is 27.1 Å². The van der Waals surface area contributed by atoms with Crippen LogP contribution in [0.25, 0.3) is 0 Å². The number of rotatable bonds is 13. The van der Waals surface area contributed by atoms with E-state index in [1.165, 1.54) is 41.3 Å². The van der Waals surface area contributed by atoms with E-state index >= 15 is 0 Å². The first-order valence-corrected chi connectivity index (χ1v) is 15.1. The third-order valence-corrected chi connectivity index (χ3v) is 8.67. The lowest BCUT2D eigenvalue weighted by atomic mass is 10.1. The zero-order valence-corrected chi connectivity index (χ0v) is 24.9. The Kier molecular flexibility index (Phi) is 10.9. The fraction of sp³-hybridized carbons (Fsp3) is 0.355. The smallest absolute Gasteiger partial charge is 0.264 e. The van der Waals surface area contributed by atoms with E-state index in [-0.39, 0.29) is 29.1 Å². The number of carbonyl (C=O) groups is 2. The predicted octanol–water partition coefficient (Wildman–Crippen LogP) is 5.06. The topological polar surface area (TPSA) is 96.0 Å². The molecule has 3 rings (SSSR count). The van der Waals surface area contributed by atoms with Crippen molar-refractivity contribution in [2.24, 2.45) is 0 Å². The van der Waals surface area contributed by atoms with Gasteiger partial charge in [-0.05, 0) is 93.8 Å². The fourth-order valence-electron chi connectivity index (χ4n) is 4.16. The van der Waals surface area contributed by atoms with Gasteiger partial charge < -0.3 is 15.0 Å². The third kappa shape index (κ3) is 8.07. The summed E-state index contributed by atoms with van der Waals surface area (Å²) in [5.41, 5.74) is 1.87. The highest BCUT2D eigenvalue weighted by Crippen LogP contribution is 2.26. The van der Waals surface area contributed by atoms with Crippen molar-refractivity contribution in [3.8, 4) is 5.75 Å². The zero-order chi connectivity index (χ0) is 30.2. The van der Waals surface area contributed by atoms with Gasteiger partial charge in [0, 0.05) is 12.6 Å². The summed E-state index contributed by atoms with van der Waals surface area (Å²) >= 11 is 0. The van der Waals surface area contributed by atoms with Crippen molar-refractivity contribution >= 4 is 27.5 Å². The Balaban J connectivity index is 2.02. The Morgan fingerprint density at radius 3 is 2.17 bits per heavy atom. The molecule has 8 nitrogen and oxygen atoms in total. The van der Waals surface area contributed by atoms with E-state index in [9.17, 15) is 22.4 Å². The van der Waals surface area contributed by atoms with Gasteiger partial charge in [0.15, 0.2) is 0 Å². The average molecular weight is 584 g/mol. The number of hydrogen-bond acceptors (Lipinski definition) is 5. The minimum atomic E-state index is -4.27. The number of benzene rings is 3. The van der Waals surface area contributed by atoms with E-state index in [0.717, 1.165) is 27.6 Å². The van der Waals surface area contributed by atoms with E-state index in [1.54, 1.807) is 6.92 Å². The Hall–Kier alpha value is -3.92. The summed E-state index contributed by atoms with van der Waals surface area (Å²) in [6.07, 6.45) is 0.711. The number of amides is 2. The summed E-state index contributed by atoms with van der Waals surface area (Å²) in [6, 6.07) is 17.2. The maximum Gasteiger partial charge on any atom is 0.264 e. The molecular formula is C31H38FN3O5S. The maximum atomic E-state index is 14.0. The van der Waals surface area contributed by atoms with Crippen LogP contribution in [0, 0.1) is 12.7 Å². The van der Waals surface area contributed by atoms with E-state index in [2.05, 4.69) is 5.32 Å². The molecule has 3 aromatic carbocycles. The quantitative estimate of drug-likeness (QED) is 0.304. The van der Waals surface area contributed by atoms with Crippen LogP contribution < -0.4 is 14.4 Å². The molecule has 0 spiro atoms. The van der Waals surface area contributed by atoms with Crippen LogP contribution in [0.3, 0.4) is 0 Å². The third-order valence-electron chi connectivity index (χ3n) is 6.89. The minimum Gasteiger partial charge on any atom is -0.494 e. The molecule has 0 fully saturated rings. The second-order valence-corrected chi connectivity index (χ2v) is 11.7. The summed E-state index contributed by atoms with van der Waals surface area (Å²) in [4.78, 5) is 28.4. The van der Waals surface area contributed by atoms with Crippen LogP contribution in [0.15, 0.2) is 77.7 Å². The van der Waals surface area contributed by atoms with E-state index in [1.807, 2.05) is 52.0 Å². The van der Waals surface area contributed by atoms with Crippen LogP contribution in [0.2, 0.25) is 0 Å². The number of nitrogens with zero attached hydrogens (tertiary/aromatic N) is 2. The molecule has 0 radical (unpaired) electrons. The van der Waals surface area contributed by atoms with E-state index in [4.69, 9.17) is 4.74 Å². The molecule has 0 aliphatic heterocycles. The number of aryl methyl sites for hydroxylation is 1. The lowest BCUT2D eigenvalue weighted by molar-refractivity contribution is -0.139. The summed E-state index contributed by atoms with van der Waals surface area (Å²) < 4.78 is 47.9. The summed E-state index contributed by atoms with van der Waals surface area (Å²) in [6.45, 7) is 9.08. The summed E-state index contributed by atoms with van der Waals surface area (Å²) in [5, 5.41) is 2.91. The predicted molar refractivity (Wildman–Crippen MR) is 158 cm³/mol. The Morgan fingerprint density at radius 2 is 1.59 bits per heavy atom. The van der Waals surface area contributed by atoms with Gasteiger partial charge >= 0.3 is 0 Å². The molecule has 1 N–H and O–H groups in total. The molecular weight excluding hydrogens is 545 g/mol. The highest BCUT2D eigenvalue weighted by molar-refractivity contribution is 7.92. The Morgan fingerprint density at radius 1 is 0.951 bits per heavy atom. The second-order valence-electron chi connectivity index (χ2n) is 9.83. The number of halogens is 1. The lowest BCUT2D eigenvalue weighted by Gasteiger charge is -2.32. The number of hydrogen-bond donors (Lipinski definition) is 1. The normalized spacial score (nSPS) is 12.7. The van der Waals surface area contributed by atoms with Gasteiger partial charge in [-0.15, -0.1) is 0 Å². The number of nitrogens with one attached hydrogen (secondary N) is 1. The molecule has 0 bridgehead atoms. The van der Waals surface area contributed by atoms with Crippen molar-refractivity contribution in [2.45, 2.75) is 64.6 Å². The van der Waals surface area contributed by atoms with Crippen molar-refractivity contribution in [1.29, 1.82) is 0 Å². The van der Waals surface area contributed by atoms with Gasteiger partial charge in [0.1, 0.15) is 24.2 Å². The second kappa shape index (κ2) is 14.1. The van der Waals surface area contributed by atoms with Crippen molar-refractivity contribution in [3.05, 3.63) is 89.7 Å². The SMILES string of the molecule is CCOc1ccc(S(=O)(=O)N(CC(=O)N(Cc2ccccc2C)C(C)C(=O)NC(C)CC)c2ccc(F)cc2)cc1. The van der Waals surface area contributed by atoms with Crippen molar-refractivity contribution in [3.63, 3.8) is 0 Å². The first kappa shape index (κ1) is 31.6. The minimum absolute atomic E-state index is 0.0638.